The van der Waals surface area contributed by atoms with E-state index < -0.39 is 5.54 Å². The highest BCUT2D eigenvalue weighted by molar-refractivity contribution is 5.80. The van der Waals surface area contributed by atoms with Crippen molar-refractivity contribution >= 4 is 5.97 Å². The summed E-state index contributed by atoms with van der Waals surface area (Å²) in [7, 11) is 0. The Morgan fingerprint density at radius 3 is 0.736 bits per heavy atom. The van der Waals surface area contributed by atoms with Gasteiger partial charge in [-0.2, -0.15) is 0 Å². The third kappa shape index (κ3) is 39.5. The van der Waals surface area contributed by atoms with Gasteiger partial charge in [-0.15, -0.1) is 0 Å². The molecule has 2 N–H and O–H groups in total. The molecule has 3 nitrogen and oxygen atoms in total. The van der Waals surface area contributed by atoms with Crippen molar-refractivity contribution in [1.82, 2.24) is 0 Å². The van der Waals surface area contributed by atoms with Crippen molar-refractivity contribution in [3.63, 3.8) is 0 Å². The molecule has 0 aliphatic heterocycles. The first kappa shape index (κ1) is 52.4. The highest BCUT2D eigenvalue weighted by Gasteiger charge is 2.34. The Morgan fingerprint density at radius 1 is 0.321 bits per heavy atom. The summed E-state index contributed by atoms with van der Waals surface area (Å²) in [5.41, 5.74) is 6.12. The van der Waals surface area contributed by atoms with Gasteiger partial charge in [-0.3, -0.25) is 4.79 Å². The molecule has 0 saturated carbocycles. The van der Waals surface area contributed by atoms with E-state index in [0.29, 0.717) is 6.61 Å². The summed E-state index contributed by atoms with van der Waals surface area (Å²) in [4.78, 5) is 13.4. The van der Waals surface area contributed by atoms with E-state index in [1.807, 2.05) is 0 Å². The van der Waals surface area contributed by atoms with Gasteiger partial charge >= 0.3 is 5.97 Å². The van der Waals surface area contributed by atoms with Crippen molar-refractivity contribution in [2.75, 3.05) is 6.61 Å². The van der Waals surface area contributed by atoms with E-state index in [1.165, 1.54) is 250 Å². The third-order valence-corrected chi connectivity index (χ3v) is 12.1. The zero-order valence-corrected chi connectivity index (χ0v) is 37.2. The number of hydrogen-bond acceptors (Lipinski definition) is 3. The van der Waals surface area contributed by atoms with Crippen LogP contribution >= 0.6 is 0 Å². The molecular weight excluding hydrogens is 647 g/mol. The molecule has 0 rings (SSSR count). The van der Waals surface area contributed by atoms with E-state index in [4.69, 9.17) is 10.5 Å². The highest BCUT2D eigenvalue weighted by Crippen LogP contribution is 2.24. The van der Waals surface area contributed by atoms with Gasteiger partial charge in [0.2, 0.25) is 0 Å². The number of nitrogens with two attached hydrogens (primary N) is 1. The maximum Gasteiger partial charge on any atom is 0.326 e. The predicted octanol–water partition coefficient (Wildman–Crippen LogP) is 17.5. The fourth-order valence-electron chi connectivity index (χ4n) is 8.20. The Morgan fingerprint density at radius 2 is 0.509 bits per heavy atom. The minimum absolute atomic E-state index is 0.115. The Labute approximate surface area is 335 Å². The molecule has 1 unspecified atom stereocenters. The molecule has 0 aromatic heterocycles. The smallest absolute Gasteiger partial charge is 0.326 e. The molecule has 0 aromatic rings. The zero-order valence-electron chi connectivity index (χ0n) is 37.2. The van der Waals surface area contributed by atoms with Crippen LogP contribution in [0.4, 0.5) is 0 Å². The SMILES string of the molecule is CCCCCCCCCCCCCCCCCCOC(=O)C(N)(CCCCCCCCCCCC)CCCCCCCCCCCCCCCCCC. The van der Waals surface area contributed by atoms with Gasteiger partial charge in [-0.05, 0) is 19.3 Å². The van der Waals surface area contributed by atoms with Gasteiger partial charge < -0.3 is 10.5 Å². The molecule has 0 heterocycles. The Hall–Kier alpha value is -0.570. The van der Waals surface area contributed by atoms with Crippen molar-refractivity contribution in [2.45, 2.75) is 309 Å². The minimum atomic E-state index is -0.787. The molecule has 0 aliphatic carbocycles. The van der Waals surface area contributed by atoms with Crippen LogP contribution in [0.1, 0.15) is 303 Å². The Balaban J connectivity index is 4.13. The lowest BCUT2D eigenvalue weighted by atomic mass is 9.87. The molecule has 0 amide bonds. The number of hydrogen-bond donors (Lipinski definition) is 1. The van der Waals surface area contributed by atoms with Crippen LogP contribution in [-0.2, 0) is 9.53 Å². The number of carbonyl (C=O) groups excluding carboxylic acids is 1. The second-order valence-corrected chi connectivity index (χ2v) is 17.6. The maximum atomic E-state index is 13.4. The molecule has 1 atom stereocenters. The summed E-state index contributed by atoms with van der Waals surface area (Å²) in [6, 6.07) is 0. The molecule has 0 saturated heterocycles. The summed E-state index contributed by atoms with van der Waals surface area (Å²) in [6.45, 7) is 7.43. The van der Waals surface area contributed by atoms with Crippen molar-refractivity contribution in [3.8, 4) is 0 Å². The molecule has 0 radical (unpaired) electrons. The quantitative estimate of drug-likeness (QED) is 0.0498. The lowest BCUT2D eigenvalue weighted by Gasteiger charge is -2.27. The fraction of sp³-hybridized carbons (Fsp3) is 0.980. The fourth-order valence-corrected chi connectivity index (χ4v) is 8.20. The van der Waals surface area contributed by atoms with Crippen LogP contribution in [0, 0.1) is 0 Å². The molecule has 0 bridgehead atoms. The maximum absolute atomic E-state index is 13.4. The van der Waals surface area contributed by atoms with Crippen molar-refractivity contribution in [3.05, 3.63) is 0 Å². The number of unbranched alkanes of at least 4 members (excludes halogenated alkanes) is 39. The topological polar surface area (TPSA) is 52.3 Å². The molecule has 318 valence electrons. The van der Waals surface area contributed by atoms with Gasteiger partial charge in [0.1, 0.15) is 5.54 Å². The van der Waals surface area contributed by atoms with Crippen LogP contribution in [0.3, 0.4) is 0 Å². The number of esters is 1. The molecule has 0 spiro atoms. The molecule has 53 heavy (non-hydrogen) atoms. The van der Waals surface area contributed by atoms with Gasteiger partial charge in [0.25, 0.3) is 0 Å². The summed E-state index contributed by atoms with van der Waals surface area (Å²) >= 11 is 0. The number of ether oxygens (including phenoxy) is 1. The summed E-state index contributed by atoms with van der Waals surface area (Å²) in [5, 5.41) is 0. The van der Waals surface area contributed by atoms with Crippen LogP contribution in [0.25, 0.3) is 0 Å². The van der Waals surface area contributed by atoms with Gasteiger partial charge in [-0.25, -0.2) is 0 Å². The van der Waals surface area contributed by atoms with Crippen LogP contribution in [-0.4, -0.2) is 18.1 Å². The van der Waals surface area contributed by atoms with E-state index in [1.54, 1.807) is 0 Å². The molecule has 0 aliphatic rings. The van der Waals surface area contributed by atoms with Gasteiger partial charge in [0, 0.05) is 0 Å². The second-order valence-electron chi connectivity index (χ2n) is 17.6. The van der Waals surface area contributed by atoms with Gasteiger partial charge in [0.05, 0.1) is 6.61 Å². The van der Waals surface area contributed by atoms with Crippen molar-refractivity contribution in [2.24, 2.45) is 5.73 Å². The first-order valence-corrected chi connectivity index (χ1v) is 25.1. The molecule has 3 heteroatoms. The average molecular weight is 748 g/mol. The summed E-state index contributed by atoms with van der Waals surface area (Å²) in [5.74, 6) is -0.115. The Kier molecular flexibility index (Phi) is 43.7. The monoisotopic (exact) mass is 748 g/mol. The average Bonchev–Trinajstić information content (AvgIpc) is 3.16. The highest BCUT2D eigenvalue weighted by atomic mass is 16.5. The van der Waals surface area contributed by atoms with E-state index in [0.717, 1.165) is 32.1 Å². The van der Waals surface area contributed by atoms with Crippen LogP contribution in [0.15, 0.2) is 0 Å². The van der Waals surface area contributed by atoms with Crippen LogP contribution < -0.4 is 5.73 Å². The van der Waals surface area contributed by atoms with Crippen molar-refractivity contribution < 1.29 is 9.53 Å². The van der Waals surface area contributed by atoms with Gasteiger partial charge in [0.15, 0.2) is 0 Å². The Bertz CT molecular complexity index is 695. The molecule has 0 fully saturated rings. The van der Waals surface area contributed by atoms with Crippen LogP contribution in [0.5, 0.6) is 0 Å². The zero-order chi connectivity index (χ0) is 38.6. The van der Waals surface area contributed by atoms with E-state index in [9.17, 15) is 4.79 Å². The lowest BCUT2D eigenvalue weighted by molar-refractivity contribution is -0.151. The lowest BCUT2D eigenvalue weighted by Crippen LogP contribution is -2.49. The van der Waals surface area contributed by atoms with E-state index in [2.05, 4.69) is 20.8 Å². The predicted molar refractivity (Wildman–Crippen MR) is 238 cm³/mol. The summed E-state index contributed by atoms with van der Waals surface area (Å²) < 4.78 is 5.88. The van der Waals surface area contributed by atoms with Crippen LogP contribution in [0.2, 0.25) is 0 Å². The second kappa shape index (κ2) is 44.1. The number of rotatable bonds is 46. The van der Waals surface area contributed by atoms with Crippen molar-refractivity contribution in [1.29, 1.82) is 0 Å². The standard InChI is InChI=1S/C50H101NO2/c1-4-7-10-13-16-19-22-24-26-28-30-32-35-38-41-44-47-50(51,46-43-40-37-34-21-18-15-12-9-6-3)49(52)53-48-45-42-39-36-33-31-29-27-25-23-20-17-14-11-8-5-2/h4-48,51H2,1-3H3. The first-order valence-electron chi connectivity index (χ1n) is 25.1. The minimum Gasteiger partial charge on any atom is -0.464 e. The first-order chi connectivity index (χ1) is 26.1. The van der Waals surface area contributed by atoms with Gasteiger partial charge in [-0.1, -0.05) is 284 Å². The largest absolute Gasteiger partial charge is 0.464 e. The number of carbonyl (C=O) groups is 1. The normalized spacial score (nSPS) is 12.8. The van der Waals surface area contributed by atoms with E-state index >= 15 is 0 Å². The third-order valence-electron chi connectivity index (χ3n) is 12.1. The molecule has 0 aromatic carbocycles. The summed E-state index contributed by atoms with van der Waals surface area (Å²) in [6.07, 6.45) is 58.2. The molecular formula is C50H101NO2. The van der Waals surface area contributed by atoms with E-state index in [-0.39, 0.29) is 5.97 Å².